The van der Waals surface area contributed by atoms with Crippen LogP contribution >= 0.6 is 23.2 Å². The van der Waals surface area contributed by atoms with Crippen molar-refractivity contribution in [3.05, 3.63) is 50.2 Å². The first kappa shape index (κ1) is 14.1. The molecule has 0 radical (unpaired) electrons. The Morgan fingerprint density at radius 1 is 1.32 bits per heavy atom. The first-order valence-corrected chi connectivity index (χ1v) is 6.45. The van der Waals surface area contributed by atoms with Crippen LogP contribution in [0.5, 0.6) is 0 Å². The summed E-state index contributed by atoms with van der Waals surface area (Å²) < 4.78 is 1.31. The summed E-state index contributed by atoms with van der Waals surface area (Å²) in [6.45, 7) is 0.480. The Hall–Kier alpha value is -1.36. The summed E-state index contributed by atoms with van der Waals surface area (Å²) in [4.78, 5) is 11.9. The van der Waals surface area contributed by atoms with E-state index < -0.39 is 0 Å². The zero-order valence-electron chi connectivity index (χ0n) is 10.6. The largest absolute Gasteiger partial charge is 0.315 e. The molecule has 6 heteroatoms. The second-order valence-electron chi connectivity index (χ2n) is 4.14. The third-order valence-electron chi connectivity index (χ3n) is 2.71. The minimum absolute atomic E-state index is 0.122. The van der Waals surface area contributed by atoms with Gasteiger partial charge in [-0.25, -0.2) is 4.68 Å². The number of aromatic nitrogens is 2. The summed E-state index contributed by atoms with van der Waals surface area (Å²) in [6.07, 6.45) is 0. The summed E-state index contributed by atoms with van der Waals surface area (Å²) in [7, 11) is 3.41. The predicted molar refractivity (Wildman–Crippen MR) is 77.7 cm³/mol. The topological polar surface area (TPSA) is 46.9 Å². The fourth-order valence-corrected chi connectivity index (χ4v) is 2.32. The van der Waals surface area contributed by atoms with Crippen LogP contribution in [0.4, 0.5) is 0 Å². The van der Waals surface area contributed by atoms with Crippen LogP contribution in [-0.2, 0) is 13.6 Å². The fourth-order valence-electron chi connectivity index (χ4n) is 1.82. The zero-order chi connectivity index (χ0) is 14.0. The highest BCUT2D eigenvalue weighted by Gasteiger charge is 2.10. The lowest BCUT2D eigenvalue weighted by Gasteiger charge is -2.08. The Bertz CT molecular complexity index is 667. The smallest absolute Gasteiger partial charge is 0.271 e. The van der Waals surface area contributed by atoms with Gasteiger partial charge in [0.15, 0.2) is 0 Å². The molecule has 0 atom stereocenters. The summed E-state index contributed by atoms with van der Waals surface area (Å²) >= 11 is 12.0. The molecule has 1 N–H and O–H groups in total. The van der Waals surface area contributed by atoms with Gasteiger partial charge < -0.3 is 5.32 Å². The third-order valence-corrected chi connectivity index (χ3v) is 3.26. The molecular formula is C13H13Cl2N3O. The van der Waals surface area contributed by atoms with Gasteiger partial charge in [-0.2, -0.15) is 5.10 Å². The molecule has 1 aromatic carbocycles. The number of hydrogen-bond donors (Lipinski definition) is 1. The molecule has 1 heterocycles. The molecule has 0 fully saturated rings. The predicted octanol–water partition coefficient (Wildman–Crippen LogP) is 2.47. The molecule has 0 bridgehead atoms. The van der Waals surface area contributed by atoms with E-state index in [1.807, 2.05) is 0 Å². The SMILES string of the molecule is CNCc1cc(-c2ccc(Cl)cc2Cl)nn(C)c1=O. The van der Waals surface area contributed by atoms with Crippen molar-refractivity contribution in [3.63, 3.8) is 0 Å². The van der Waals surface area contributed by atoms with Gasteiger partial charge >= 0.3 is 0 Å². The molecule has 2 rings (SSSR count). The molecule has 4 nitrogen and oxygen atoms in total. The van der Waals surface area contributed by atoms with Gasteiger partial charge in [0.05, 0.1) is 10.7 Å². The van der Waals surface area contributed by atoms with E-state index in [1.165, 1.54) is 4.68 Å². The molecule has 0 unspecified atom stereocenters. The molecule has 100 valence electrons. The van der Waals surface area contributed by atoms with Crippen LogP contribution < -0.4 is 10.9 Å². The van der Waals surface area contributed by atoms with Gasteiger partial charge in [-0.05, 0) is 31.3 Å². The molecule has 0 saturated heterocycles. The quantitative estimate of drug-likeness (QED) is 0.947. The Morgan fingerprint density at radius 2 is 2.05 bits per heavy atom. The second kappa shape index (κ2) is 5.74. The molecule has 0 saturated carbocycles. The van der Waals surface area contributed by atoms with E-state index in [4.69, 9.17) is 23.2 Å². The van der Waals surface area contributed by atoms with E-state index in [9.17, 15) is 4.79 Å². The standard InChI is InChI=1S/C13H13Cl2N3O/c1-16-7-8-5-12(17-18(2)13(8)19)10-4-3-9(14)6-11(10)15/h3-6,16H,7H2,1-2H3. The molecule has 0 amide bonds. The van der Waals surface area contributed by atoms with Crippen LogP contribution in [-0.4, -0.2) is 16.8 Å². The Labute approximate surface area is 121 Å². The van der Waals surface area contributed by atoms with Crippen molar-refractivity contribution in [2.24, 2.45) is 7.05 Å². The van der Waals surface area contributed by atoms with Gasteiger partial charge in [0.25, 0.3) is 5.56 Å². The van der Waals surface area contributed by atoms with E-state index in [0.717, 1.165) is 5.56 Å². The molecule has 0 aliphatic carbocycles. The average Bonchev–Trinajstić information content (AvgIpc) is 2.35. The maximum Gasteiger partial charge on any atom is 0.271 e. The number of benzene rings is 1. The van der Waals surface area contributed by atoms with Gasteiger partial charge in [-0.3, -0.25) is 4.79 Å². The average molecular weight is 298 g/mol. The first-order chi connectivity index (χ1) is 9.02. The second-order valence-corrected chi connectivity index (χ2v) is 4.98. The van der Waals surface area contributed by atoms with Crippen molar-refractivity contribution >= 4 is 23.2 Å². The maximum absolute atomic E-state index is 11.9. The van der Waals surface area contributed by atoms with E-state index in [0.29, 0.717) is 27.8 Å². The van der Waals surface area contributed by atoms with Crippen LogP contribution in [0.25, 0.3) is 11.3 Å². The minimum atomic E-state index is -0.122. The Balaban J connectivity index is 2.59. The number of nitrogens with one attached hydrogen (secondary N) is 1. The summed E-state index contributed by atoms with van der Waals surface area (Å²) in [5.74, 6) is 0. The molecule has 0 aliphatic heterocycles. The summed E-state index contributed by atoms with van der Waals surface area (Å²) in [5.41, 5.74) is 1.91. The van der Waals surface area contributed by atoms with Crippen LogP contribution in [0.3, 0.4) is 0 Å². The normalized spacial score (nSPS) is 10.7. The zero-order valence-corrected chi connectivity index (χ0v) is 12.1. The Morgan fingerprint density at radius 3 is 2.68 bits per heavy atom. The lowest BCUT2D eigenvalue weighted by molar-refractivity contribution is 0.683. The highest BCUT2D eigenvalue weighted by molar-refractivity contribution is 6.36. The highest BCUT2D eigenvalue weighted by Crippen LogP contribution is 2.28. The van der Waals surface area contributed by atoms with Gasteiger partial charge in [0, 0.05) is 29.7 Å². The van der Waals surface area contributed by atoms with Crippen molar-refractivity contribution in [3.8, 4) is 11.3 Å². The summed E-state index contributed by atoms with van der Waals surface area (Å²) in [5, 5.41) is 8.26. The first-order valence-electron chi connectivity index (χ1n) is 5.70. The maximum atomic E-state index is 11.9. The summed E-state index contributed by atoms with van der Waals surface area (Å²) in [6, 6.07) is 6.94. The third kappa shape index (κ3) is 2.97. The lowest BCUT2D eigenvalue weighted by atomic mass is 10.1. The minimum Gasteiger partial charge on any atom is -0.315 e. The number of hydrogen-bond acceptors (Lipinski definition) is 3. The molecule has 1 aromatic heterocycles. The fraction of sp³-hybridized carbons (Fsp3) is 0.231. The van der Waals surface area contributed by atoms with Gasteiger partial charge in [-0.1, -0.05) is 23.2 Å². The number of halogens is 2. The molecule has 0 aliphatic rings. The lowest BCUT2D eigenvalue weighted by Crippen LogP contribution is -2.26. The monoisotopic (exact) mass is 297 g/mol. The Kier molecular flexibility index (Phi) is 4.24. The van der Waals surface area contributed by atoms with Crippen LogP contribution in [0.2, 0.25) is 10.0 Å². The van der Waals surface area contributed by atoms with Gasteiger partial charge in [0.1, 0.15) is 0 Å². The number of nitrogens with zero attached hydrogens (tertiary/aromatic N) is 2. The van der Waals surface area contributed by atoms with Crippen LogP contribution in [0.1, 0.15) is 5.56 Å². The van der Waals surface area contributed by atoms with E-state index in [2.05, 4.69) is 10.4 Å². The van der Waals surface area contributed by atoms with Crippen molar-refractivity contribution in [2.75, 3.05) is 7.05 Å². The number of aryl methyl sites for hydroxylation is 1. The number of rotatable bonds is 3. The van der Waals surface area contributed by atoms with E-state index in [1.54, 1.807) is 38.4 Å². The van der Waals surface area contributed by atoms with Crippen molar-refractivity contribution < 1.29 is 0 Å². The van der Waals surface area contributed by atoms with Crippen LogP contribution in [0.15, 0.2) is 29.1 Å². The molecule has 2 aromatic rings. The van der Waals surface area contributed by atoms with Crippen molar-refractivity contribution in [2.45, 2.75) is 6.54 Å². The molecule has 19 heavy (non-hydrogen) atoms. The van der Waals surface area contributed by atoms with E-state index >= 15 is 0 Å². The van der Waals surface area contributed by atoms with Crippen LogP contribution in [0, 0.1) is 0 Å². The van der Waals surface area contributed by atoms with Crippen molar-refractivity contribution in [1.82, 2.24) is 15.1 Å². The highest BCUT2D eigenvalue weighted by atomic mass is 35.5. The van der Waals surface area contributed by atoms with Gasteiger partial charge in [0.2, 0.25) is 0 Å². The van der Waals surface area contributed by atoms with E-state index in [-0.39, 0.29) is 5.56 Å². The van der Waals surface area contributed by atoms with Gasteiger partial charge in [-0.15, -0.1) is 0 Å². The molecule has 0 spiro atoms. The molecular weight excluding hydrogens is 285 g/mol. The van der Waals surface area contributed by atoms with Crippen molar-refractivity contribution in [1.29, 1.82) is 0 Å².